The van der Waals surface area contributed by atoms with Crippen LogP contribution in [0.15, 0.2) is 5.10 Å². The molecule has 0 spiro atoms. The Morgan fingerprint density at radius 3 is 3.17 bits per heavy atom. The summed E-state index contributed by atoms with van der Waals surface area (Å²) in [6, 6.07) is 2.79. The van der Waals surface area contributed by atoms with Gasteiger partial charge in [0.15, 0.2) is 5.84 Å². The first-order chi connectivity index (χ1) is 5.79. The molecule has 1 rings (SSSR count). The van der Waals surface area contributed by atoms with E-state index in [1.54, 1.807) is 5.01 Å². The molecular weight excluding hydrogens is 154 g/mol. The molecule has 4 heteroatoms. The second kappa shape index (κ2) is 3.77. The van der Waals surface area contributed by atoms with E-state index in [1.807, 2.05) is 13.8 Å². The topological polar surface area (TPSA) is 44.5 Å². The summed E-state index contributed by atoms with van der Waals surface area (Å²) in [5.74, 6) is 3.70. The van der Waals surface area contributed by atoms with Gasteiger partial charge in [-0.2, -0.15) is 5.01 Å². The van der Waals surface area contributed by atoms with Crippen LogP contribution >= 0.6 is 0 Å². The average Bonchev–Trinajstić information content (AvgIpc) is 2.80. The standard InChI is InChI=1S/C8H11N3O/c1-3-4-5-11-8(10-11)7(2)9-6-12/h6-7H,3H2,1-2H3,(H,9,12). The van der Waals surface area contributed by atoms with Gasteiger partial charge in [0.05, 0.1) is 6.04 Å². The van der Waals surface area contributed by atoms with Gasteiger partial charge in [-0.25, -0.2) is 0 Å². The summed E-state index contributed by atoms with van der Waals surface area (Å²) in [7, 11) is 0. The van der Waals surface area contributed by atoms with Gasteiger partial charge < -0.3 is 5.32 Å². The van der Waals surface area contributed by atoms with Crippen molar-refractivity contribution in [3.05, 3.63) is 0 Å². The summed E-state index contributed by atoms with van der Waals surface area (Å²) in [6.07, 6.45) is 1.48. The molecule has 1 N–H and O–H groups in total. The molecule has 1 heterocycles. The first kappa shape index (κ1) is 8.60. The molecule has 4 nitrogen and oxygen atoms in total. The van der Waals surface area contributed by atoms with E-state index >= 15 is 0 Å². The fourth-order valence-electron chi connectivity index (χ4n) is 0.763. The van der Waals surface area contributed by atoms with Crippen LogP contribution in [0.3, 0.4) is 0 Å². The maximum atomic E-state index is 10.0. The minimum atomic E-state index is -0.0337. The predicted molar refractivity (Wildman–Crippen MR) is 46.0 cm³/mol. The van der Waals surface area contributed by atoms with Crippen LogP contribution in [0.4, 0.5) is 0 Å². The van der Waals surface area contributed by atoms with Gasteiger partial charge in [0.25, 0.3) is 0 Å². The highest BCUT2D eigenvalue weighted by molar-refractivity contribution is 5.97. The maximum Gasteiger partial charge on any atom is 0.207 e. The lowest BCUT2D eigenvalue weighted by molar-refractivity contribution is -0.109. The Hall–Kier alpha value is -1.50. The average molecular weight is 165 g/mol. The molecule has 1 amide bonds. The maximum absolute atomic E-state index is 10.0. The molecule has 1 atom stereocenters. The summed E-state index contributed by atoms with van der Waals surface area (Å²) in [4.78, 5) is 10.0. The van der Waals surface area contributed by atoms with Crippen LogP contribution < -0.4 is 5.32 Å². The molecule has 0 fully saturated rings. The van der Waals surface area contributed by atoms with Crippen molar-refractivity contribution < 1.29 is 4.79 Å². The molecule has 1 aliphatic heterocycles. The van der Waals surface area contributed by atoms with E-state index in [1.165, 1.54) is 0 Å². The first-order valence-electron chi connectivity index (χ1n) is 3.86. The van der Waals surface area contributed by atoms with Gasteiger partial charge >= 0.3 is 0 Å². The normalized spacial score (nSPS) is 15.5. The van der Waals surface area contributed by atoms with Crippen LogP contribution in [0.2, 0.25) is 0 Å². The molecule has 0 radical (unpaired) electrons. The molecule has 1 unspecified atom stereocenters. The Labute approximate surface area is 71.6 Å². The quantitative estimate of drug-likeness (QED) is 0.477. The summed E-state index contributed by atoms with van der Waals surface area (Å²) in [5, 5.41) is 8.15. The van der Waals surface area contributed by atoms with Crippen molar-refractivity contribution >= 4 is 12.2 Å². The van der Waals surface area contributed by atoms with Crippen molar-refractivity contribution in [2.24, 2.45) is 5.10 Å². The van der Waals surface area contributed by atoms with E-state index in [4.69, 9.17) is 0 Å². The summed E-state index contributed by atoms with van der Waals surface area (Å²) in [6.45, 7) is 3.84. The van der Waals surface area contributed by atoms with Gasteiger partial charge in [0.2, 0.25) is 6.41 Å². The number of hydrogen-bond donors (Lipinski definition) is 1. The molecule has 0 bridgehead atoms. The highest BCUT2D eigenvalue weighted by atomic mass is 16.1. The zero-order valence-corrected chi connectivity index (χ0v) is 7.16. The molecule has 0 aromatic heterocycles. The van der Waals surface area contributed by atoms with E-state index in [2.05, 4.69) is 22.4 Å². The second-order valence-corrected chi connectivity index (χ2v) is 2.42. The van der Waals surface area contributed by atoms with Gasteiger partial charge in [0.1, 0.15) is 0 Å². The smallest absolute Gasteiger partial charge is 0.207 e. The SMILES string of the molecule is CCC#CN1N=C1C(C)NC=O. The fourth-order valence-corrected chi connectivity index (χ4v) is 0.763. The van der Waals surface area contributed by atoms with Crippen LogP contribution in [0.5, 0.6) is 0 Å². The first-order valence-corrected chi connectivity index (χ1v) is 3.86. The highest BCUT2D eigenvalue weighted by Crippen LogP contribution is 2.10. The lowest BCUT2D eigenvalue weighted by Gasteiger charge is -2.01. The van der Waals surface area contributed by atoms with Crippen LogP contribution in [0, 0.1) is 12.0 Å². The summed E-state index contributed by atoms with van der Waals surface area (Å²) in [5.41, 5.74) is 0. The zero-order valence-electron chi connectivity index (χ0n) is 7.16. The minimum Gasteiger partial charge on any atom is -0.349 e. The number of carbonyl (C=O) groups is 1. The number of carbonyl (C=O) groups excluding carboxylic acids is 1. The van der Waals surface area contributed by atoms with Crippen molar-refractivity contribution in [3.8, 4) is 12.0 Å². The Morgan fingerprint density at radius 2 is 2.58 bits per heavy atom. The number of rotatable bonds is 3. The monoisotopic (exact) mass is 165 g/mol. The van der Waals surface area contributed by atoms with Gasteiger partial charge in [-0.05, 0) is 6.92 Å². The minimum absolute atomic E-state index is 0.0337. The van der Waals surface area contributed by atoms with Crippen molar-refractivity contribution in [2.45, 2.75) is 26.3 Å². The third-order valence-corrected chi connectivity index (χ3v) is 1.45. The largest absolute Gasteiger partial charge is 0.349 e. The molecule has 0 saturated carbocycles. The Bertz CT molecular complexity index is 261. The van der Waals surface area contributed by atoms with E-state index in [0.29, 0.717) is 6.41 Å². The third kappa shape index (κ3) is 1.99. The molecule has 64 valence electrons. The molecule has 0 saturated heterocycles. The number of amides is 1. The summed E-state index contributed by atoms with van der Waals surface area (Å²) < 4.78 is 0. The Balaban J connectivity index is 2.31. The lowest BCUT2D eigenvalue weighted by Crippen LogP contribution is -2.31. The lowest BCUT2D eigenvalue weighted by atomic mass is 10.3. The molecule has 0 aromatic carbocycles. The number of amidine groups is 1. The molecular formula is C8H11N3O. The predicted octanol–water partition coefficient (Wildman–Crippen LogP) is 0.121. The number of hydrogen-bond acceptors (Lipinski definition) is 3. The van der Waals surface area contributed by atoms with Crippen LogP contribution in [-0.4, -0.2) is 23.3 Å². The van der Waals surface area contributed by atoms with Crippen molar-refractivity contribution in [1.29, 1.82) is 0 Å². The van der Waals surface area contributed by atoms with E-state index < -0.39 is 0 Å². The molecule has 0 aromatic rings. The Morgan fingerprint density at radius 1 is 1.83 bits per heavy atom. The van der Waals surface area contributed by atoms with Crippen LogP contribution in [-0.2, 0) is 4.79 Å². The van der Waals surface area contributed by atoms with Crippen molar-refractivity contribution in [1.82, 2.24) is 10.3 Å². The fraction of sp³-hybridized carbons (Fsp3) is 0.500. The number of nitrogens with zero attached hydrogens (tertiary/aromatic N) is 2. The second-order valence-electron chi connectivity index (χ2n) is 2.42. The number of hydrazone groups is 1. The van der Waals surface area contributed by atoms with Crippen LogP contribution in [0.25, 0.3) is 0 Å². The highest BCUT2D eigenvalue weighted by Gasteiger charge is 2.27. The van der Waals surface area contributed by atoms with Crippen molar-refractivity contribution in [3.63, 3.8) is 0 Å². The molecule has 0 aliphatic carbocycles. The van der Waals surface area contributed by atoms with Gasteiger partial charge in [-0.1, -0.05) is 12.8 Å². The summed E-state index contributed by atoms with van der Waals surface area (Å²) >= 11 is 0. The van der Waals surface area contributed by atoms with Gasteiger partial charge in [0, 0.05) is 12.5 Å². The van der Waals surface area contributed by atoms with Crippen molar-refractivity contribution in [2.75, 3.05) is 0 Å². The van der Waals surface area contributed by atoms with E-state index in [0.717, 1.165) is 12.3 Å². The Kier molecular flexibility index (Phi) is 2.70. The van der Waals surface area contributed by atoms with Gasteiger partial charge in [-0.3, -0.25) is 4.79 Å². The van der Waals surface area contributed by atoms with Gasteiger partial charge in [-0.15, -0.1) is 5.10 Å². The van der Waals surface area contributed by atoms with Crippen LogP contribution in [0.1, 0.15) is 20.3 Å². The number of nitrogens with one attached hydrogen (secondary N) is 1. The molecule has 12 heavy (non-hydrogen) atoms. The van der Waals surface area contributed by atoms with E-state index in [9.17, 15) is 4.79 Å². The third-order valence-electron chi connectivity index (χ3n) is 1.45. The van der Waals surface area contributed by atoms with E-state index in [-0.39, 0.29) is 6.04 Å². The molecule has 1 aliphatic rings. The zero-order chi connectivity index (χ0) is 8.97.